The zero-order valence-electron chi connectivity index (χ0n) is 11.9. The van der Waals surface area contributed by atoms with Crippen molar-refractivity contribution in [3.8, 4) is 11.6 Å². The third-order valence-electron chi connectivity index (χ3n) is 3.76. The zero-order valence-corrected chi connectivity index (χ0v) is 11.9. The van der Waals surface area contributed by atoms with Crippen LogP contribution < -0.4 is 5.32 Å². The average molecular weight is 269 g/mol. The lowest BCUT2D eigenvalue weighted by atomic mass is 10.1. The largest absolute Gasteiger partial charge is 0.313 e. The van der Waals surface area contributed by atoms with E-state index >= 15 is 0 Å². The van der Waals surface area contributed by atoms with Crippen LogP contribution in [0, 0.1) is 6.92 Å². The number of nitrogens with zero attached hydrogens (tertiary/aromatic N) is 4. The second-order valence-corrected chi connectivity index (χ2v) is 5.27. The molecule has 0 saturated carbocycles. The minimum atomic E-state index is 0.362. The molecule has 0 saturated heterocycles. The molecular weight excluding hydrogens is 250 g/mol. The van der Waals surface area contributed by atoms with Gasteiger partial charge in [-0.25, -0.2) is 19.9 Å². The van der Waals surface area contributed by atoms with Crippen molar-refractivity contribution in [2.24, 2.45) is 0 Å². The van der Waals surface area contributed by atoms with Crippen LogP contribution in [0.5, 0.6) is 0 Å². The molecule has 5 nitrogen and oxygen atoms in total. The Morgan fingerprint density at radius 1 is 1.05 bits per heavy atom. The summed E-state index contributed by atoms with van der Waals surface area (Å²) in [6.07, 6.45) is 10.1. The molecule has 0 bridgehead atoms. The van der Waals surface area contributed by atoms with Gasteiger partial charge in [-0.05, 0) is 38.8 Å². The Bertz CT molecular complexity index is 594. The quantitative estimate of drug-likeness (QED) is 0.847. The van der Waals surface area contributed by atoms with Crippen LogP contribution in [0.2, 0.25) is 0 Å². The van der Waals surface area contributed by atoms with Gasteiger partial charge in [0, 0.05) is 35.9 Å². The first-order valence-electron chi connectivity index (χ1n) is 7.10. The van der Waals surface area contributed by atoms with Crippen LogP contribution in [0.25, 0.3) is 11.6 Å². The number of hydrogen-bond acceptors (Lipinski definition) is 5. The molecule has 0 radical (unpaired) electrons. The number of nitrogens with one attached hydrogen (secondary N) is 1. The second-order valence-electron chi connectivity index (χ2n) is 5.27. The Labute approximate surface area is 118 Å². The van der Waals surface area contributed by atoms with E-state index in [4.69, 9.17) is 4.98 Å². The molecule has 1 aliphatic carbocycles. The molecule has 2 aromatic heterocycles. The lowest BCUT2D eigenvalue weighted by Crippen LogP contribution is -2.17. The van der Waals surface area contributed by atoms with E-state index in [1.54, 1.807) is 12.4 Å². The maximum absolute atomic E-state index is 4.70. The fourth-order valence-corrected chi connectivity index (χ4v) is 2.63. The first-order chi connectivity index (χ1) is 9.78. The van der Waals surface area contributed by atoms with E-state index in [0.717, 1.165) is 24.1 Å². The maximum atomic E-state index is 4.70. The van der Waals surface area contributed by atoms with Gasteiger partial charge in [0.1, 0.15) is 0 Å². The smallest absolute Gasteiger partial charge is 0.197 e. The van der Waals surface area contributed by atoms with Gasteiger partial charge >= 0.3 is 0 Å². The first kappa shape index (κ1) is 13.1. The highest BCUT2D eigenvalue weighted by atomic mass is 15.0. The van der Waals surface area contributed by atoms with E-state index in [2.05, 4.69) is 20.3 Å². The summed E-state index contributed by atoms with van der Waals surface area (Å²) in [6, 6.07) is 0.362. The lowest BCUT2D eigenvalue weighted by Gasteiger charge is -2.15. The number of rotatable bonds is 2. The van der Waals surface area contributed by atoms with Crippen LogP contribution in [0.15, 0.2) is 18.6 Å². The topological polar surface area (TPSA) is 63.6 Å². The van der Waals surface area contributed by atoms with Crippen LogP contribution in [-0.2, 0) is 6.42 Å². The highest BCUT2D eigenvalue weighted by molar-refractivity contribution is 5.44. The van der Waals surface area contributed by atoms with Crippen LogP contribution in [0.3, 0.4) is 0 Å². The van der Waals surface area contributed by atoms with E-state index in [-0.39, 0.29) is 0 Å². The van der Waals surface area contributed by atoms with E-state index in [1.807, 2.05) is 20.2 Å². The van der Waals surface area contributed by atoms with Crippen molar-refractivity contribution in [3.63, 3.8) is 0 Å². The number of fused-ring (bicyclic) bond motifs is 1. The van der Waals surface area contributed by atoms with Gasteiger partial charge in [-0.3, -0.25) is 0 Å². The maximum Gasteiger partial charge on any atom is 0.197 e. The molecule has 2 aromatic rings. The highest BCUT2D eigenvalue weighted by Gasteiger charge is 2.20. The van der Waals surface area contributed by atoms with E-state index < -0.39 is 0 Å². The van der Waals surface area contributed by atoms with Gasteiger partial charge in [0.15, 0.2) is 11.6 Å². The summed E-state index contributed by atoms with van der Waals surface area (Å²) < 4.78 is 0. The first-order valence-corrected chi connectivity index (χ1v) is 7.10. The molecule has 1 atom stereocenters. The molecular formula is C15H19N5. The molecule has 0 aliphatic heterocycles. The normalized spacial score (nSPS) is 18.4. The second kappa shape index (κ2) is 5.63. The summed E-state index contributed by atoms with van der Waals surface area (Å²) in [5.74, 6) is 1.23. The SMILES string of the molecule is CNC1CCCCc2nc(-c3ncc(C)cn3)ncc21. The molecule has 104 valence electrons. The van der Waals surface area contributed by atoms with Gasteiger partial charge < -0.3 is 5.32 Å². The summed E-state index contributed by atoms with van der Waals surface area (Å²) in [5, 5.41) is 3.36. The van der Waals surface area contributed by atoms with Crippen LogP contribution in [-0.4, -0.2) is 27.0 Å². The number of aromatic nitrogens is 4. The standard InChI is InChI=1S/C15H19N5/c1-10-7-17-14(18-8-10)15-19-9-11-12(16-2)5-3-4-6-13(11)20-15/h7-9,12,16H,3-6H2,1-2H3. The summed E-state index contributed by atoms with van der Waals surface area (Å²) in [6.45, 7) is 1.97. The summed E-state index contributed by atoms with van der Waals surface area (Å²) in [7, 11) is 2.00. The van der Waals surface area contributed by atoms with Crippen molar-refractivity contribution in [2.75, 3.05) is 7.05 Å². The van der Waals surface area contributed by atoms with Gasteiger partial charge in [0.25, 0.3) is 0 Å². The van der Waals surface area contributed by atoms with Crippen molar-refractivity contribution >= 4 is 0 Å². The van der Waals surface area contributed by atoms with Gasteiger partial charge in [0.2, 0.25) is 0 Å². The van der Waals surface area contributed by atoms with E-state index in [9.17, 15) is 0 Å². The third-order valence-corrected chi connectivity index (χ3v) is 3.76. The molecule has 20 heavy (non-hydrogen) atoms. The van der Waals surface area contributed by atoms with Crippen LogP contribution in [0.4, 0.5) is 0 Å². The predicted octanol–water partition coefficient (Wildman–Crippen LogP) is 2.23. The fraction of sp³-hybridized carbons (Fsp3) is 0.467. The van der Waals surface area contributed by atoms with Crippen LogP contribution in [0.1, 0.15) is 42.1 Å². The van der Waals surface area contributed by atoms with Crippen molar-refractivity contribution in [3.05, 3.63) is 35.4 Å². The fourth-order valence-electron chi connectivity index (χ4n) is 2.63. The molecule has 5 heteroatoms. The molecule has 2 heterocycles. The van der Waals surface area contributed by atoms with Crippen molar-refractivity contribution < 1.29 is 0 Å². The van der Waals surface area contributed by atoms with Gasteiger partial charge in [0.05, 0.1) is 0 Å². The lowest BCUT2D eigenvalue weighted by molar-refractivity contribution is 0.532. The van der Waals surface area contributed by atoms with Crippen molar-refractivity contribution in [1.29, 1.82) is 0 Å². The van der Waals surface area contributed by atoms with Gasteiger partial charge in [-0.15, -0.1) is 0 Å². The summed E-state index contributed by atoms with van der Waals surface area (Å²) in [5.41, 5.74) is 3.40. The highest BCUT2D eigenvalue weighted by Crippen LogP contribution is 2.27. The Balaban J connectivity index is 1.99. The monoisotopic (exact) mass is 269 g/mol. The summed E-state index contributed by atoms with van der Waals surface area (Å²) >= 11 is 0. The summed E-state index contributed by atoms with van der Waals surface area (Å²) in [4.78, 5) is 17.8. The Kier molecular flexibility index (Phi) is 3.69. The van der Waals surface area contributed by atoms with Crippen molar-refractivity contribution in [2.45, 2.75) is 38.6 Å². The Morgan fingerprint density at radius 3 is 2.55 bits per heavy atom. The third kappa shape index (κ3) is 2.54. The molecule has 1 N–H and O–H groups in total. The zero-order chi connectivity index (χ0) is 13.9. The molecule has 0 spiro atoms. The minimum absolute atomic E-state index is 0.362. The molecule has 1 aliphatic rings. The van der Waals surface area contributed by atoms with Gasteiger partial charge in [-0.2, -0.15) is 0 Å². The molecule has 1 unspecified atom stereocenters. The van der Waals surface area contributed by atoms with Gasteiger partial charge in [-0.1, -0.05) is 6.42 Å². The Hall–Kier alpha value is -1.88. The van der Waals surface area contributed by atoms with Crippen LogP contribution >= 0.6 is 0 Å². The van der Waals surface area contributed by atoms with E-state index in [0.29, 0.717) is 17.7 Å². The number of hydrogen-bond donors (Lipinski definition) is 1. The molecule has 0 aromatic carbocycles. The number of aryl methyl sites for hydroxylation is 2. The molecule has 3 rings (SSSR count). The molecule has 0 amide bonds. The molecule has 0 fully saturated rings. The van der Waals surface area contributed by atoms with Crippen molar-refractivity contribution in [1.82, 2.24) is 25.3 Å². The van der Waals surface area contributed by atoms with E-state index in [1.165, 1.54) is 18.4 Å². The predicted molar refractivity (Wildman–Crippen MR) is 77.2 cm³/mol. The Morgan fingerprint density at radius 2 is 1.80 bits per heavy atom. The minimum Gasteiger partial charge on any atom is -0.313 e. The average Bonchev–Trinajstić information content (AvgIpc) is 2.69.